The summed E-state index contributed by atoms with van der Waals surface area (Å²) in [5.41, 5.74) is 3.44. The van der Waals surface area contributed by atoms with E-state index >= 15 is 0 Å². The summed E-state index contributed by atoms with van der Waals surface area (Å²) < 4.78 is 10.8. The molecule has 6 nitrogen and oxygen atoms in total. The molecule has 0 N–H and O–H groups in total. The fourth-order valence-electron chi connectivity index (χ4n) is 4.05. The number of fused-ring (bicyclic) bond motifs is 1. The Hall–Kier alpha value is -2.73. The predicted molar refractivity (Wildman–Crippen MR) is 109 cm³/mol. The molecule has 0 saturated carbocycles. The largest absolute Gasteiger partial charge is 0.497 e. The Morgan fingerprint density at radius 2 is 1.75 bits per heavy atom. The number of piperazine rings is 1. The third-order valence-electron chi connectivity index (χ3n) is 5.64. The number of nitrogens with zero attached hydrogens (tertiary/aromatic N) is 3. The molecule has 2 aliphatic heterocycles. The molecule has 148 valence electrons. The number of para-hydroxylation sites is 1. The highest BCUT2D eigenvalue weighted by molar-refractivity contribution is 5.94. The van der Waals surface area contributed by atoms with E-state index in [1.807, 2.05) is 46.2 Å². The summed E-state index contributed by atoms with van der Waals surface area (Å²) in [5.74, 6) is 1.70. The summed E-state index contributed by atoms with van der Waals surface area (Å²) in [6.45, 7) is 4.74. The topological polar surface area (TPSA) is 45.3 Å². The average Bonchev–Trinajstić information content (AvgIpc) is 3.18. The molecule has 0 atom stereocenters. The van der Waals surface area contributed by atoms with Crippen LogP contribution in [-0.2, 0) is 13.0 Å². The number of carbonyl (C=O) groups excluding carboxylic acids is 1. The number of hydrogen-bond acceptors (Lipinski definition) is 4. The van der Waals surface area contributed by atoms with E-state index in [4.69, 9.17) is 9.47 Å². The molecular formula is C22H27N3O3. The zero-order valence-corrected chi connectivity index (χ0v) is 16.6. The molecule has 0 aliphatic carbocycles. The van der Waals surface area contributed by atoms with Gasteiger partial charge in [0.25, 0.3) is 0 Å². The van der Waals surface area contributed by atoms with E-state index in [-0.39, 0.29) is 6.03 Å². The molecule has 0 spiro atoms. The molecule has 0 bridgehead atoms. The van der Waals surface area contributed by atoms with Crippen molar-refractivity contribution in [1.82, 2.24) is 9.80 Å². The van der Waals surface area contributed by atoms with E-state index in [1.165, 1.54) is 5.56 Å². The number of rotatable bonds is 4. The van der Waals surface area contributed by atoms with Crippen LogP contribution in [0.4, 0.5) is 10.5 Å². The molecule has 28 heavy (non-hydrogen) atoms. The minimum Gasteiger partial charge on any atom is -0.497 e. The van der Waals surface area contributed by atoms with Crippen LogP contribution in [0.1, 0.15) is 11.1 Å². The zero-order chi connectivity index (χ0) is 19.5. The van der Waals surface area contributed by atoms with E-state index in [0.717, 1.165) is 68.4 Å². The van der Waals surface area contributed by atoms with E-state index < -0.39 is 0 Å². The van der Waals surface area contributed by atoms with Crippen LogP contribution in [0, 0.1) is 0 Å². The van der Waals surface area contributed by atoms with Gasteiger partial charge >= 0.3 is 6.03 Å². The molecule has 4 rings (SSSR count). The van der Waals surface area contributed by atoms with Crippen molar-refractivity contribution < 1.29 is 14.3 Å². The summed E-state index contributed by atoms with van der Waals surface area (Å²) >= 11 is 0. The number of hydrogen-bond donors (Lipinski definition) is 0. The third kappa shape index (κ3) is 3.64. The van der Waals surface area contributed by atoms with E-state index in [2.05, 4.69) is 11.0 Å². The molecular weight excluding hydrogens is 354 g/mol. The fraction of sp³-hybridized carbons (Fsp3) is 0.409. The Balaban J connectivity index is 1.37. The minimum atomic E-state index is 0.128. The standard InChI is InChI=1S/C22H27N3O3/c1-27-19-7-8-21(28-2)18(15-19)16-23-11-13-24(14-12-23)22(26)25-10-9-17-5-3-4-6-20(17)25/h3-8,15H,9-14,16H2,1-2H3. The highest BCUT2D eigenvalue weighted by atomic mass is 16.5. The van der Waals surface area contributed by atoms with Crippen LogP contribution in [0.5, 0.6) is 11.5 Å². The first kappa shape index (κ1) is 18.6. The number of carbonyl (C=O) groups is 1. The number of urea groups is 1. The summed E-state index contributed by atoms with van der Waals surface area (Å²) in [7, 11) is 3.36. The highest BCUT2D eigenvalue weighted by Crippen LogP contribution is 2.29. The van der Waals surface area contributed by atoms with Crippen molar-refractivity contribution in [1.29, 1.82) is 0 Å². The Morgan fingerprint density at radius 1 is 0.964 bits per heavy atom. The number of benzene rings is 2. The van der Waals surface area contributed by atoms with E-state index in [0.29, 0.717) is 0 Å². The van der Waals surface area contributed by atoms with Gasteiger partial charge in [-0.15, -0.1) is 0 Å². The van der Waals surface area contributed by atoms with Crippen molar-refractivity contribution in [2.24, 2.45) is 0 Å². The minimum absolute atomic E-state index is 0.128. The summed E-state index contributed by atoms with van der Waals surface area (Å²) in [6, 6.07) is 14.2. The second-order valence-electron chi connectivity index (χ2n) is 7.25. The van der Waals surface area contributed by atoms with Gasteiger partial charge in [-0.1, -0.05) is 18.2 Å². The predicted octanol–water partition coefficient (Wildman–Crippen LogP) is 3.00. The Morgan fingerprint density at radius 3 is 2.50 bits per heavy atom. The van der Waals surface area contributed by atoms with Crippen molar-refractivity contribution in [3.8, 4) is 11.5 Å². The molecule has 1 fully saturated rings. The van der Waals surface area contributed by atoms with Crippen molar-refractivity contribution in [2.75, 3.05) is 51.8 Å². The fourth-order valence-corrected chi connectivity index (χ4v) is 4.05. The lowest BCUT2D eigenvalue weighted by atomic mass is 10.1. The molecule has 2 aromatic carbocycles. The van der Waals surface area contributed by atoms with Crippen LogP contribution in [0.2, 0.25) is 0 Å². The molecule has 2 aromatic rings. The quantitative estimate of drug-likeness (QED) is 0.817. The first-order valence-electron chi connectivity index (χ1n) is 9.77. The molecule has 0 radical (unpaired) electrons. The Kier molecular flexibility index (Phi) is 5.39. The second-order valence-corrected chi connectivity index (χ2v) is 7.25. The van der Waals surface area contributed by atoms with Gasteiger partial charge < -0.3 is 14.4 Å². The van der Waals surface area contributed by atoms with Gasteiger partial charge in [0.2, 0.25) is 0 Å². The lowest BCUT2D eigenvalue weighted by Crippen LogP contribution is -2.52. The van der Waals surface area contributed by atoms with Gasteiger partial charge in [0.1, 0.15) is 11.5 Å². The number of methoxy groups -OCH3 is 2. The van der Waals surface area contributed by atoms with Gasteiger partial charge in [0.05, 0.1) is 14.2 Å². The maximum atomic E-state index is 13.0. The van der Waals surface area contributed by atoms with Crippen molar-refractivity contribution in [3.63, 3.8) is 0 Å². The number of amides is 2. The van der Waals surface area contributed by atoms with Gasteiger partial charge in [-0.05, 0) is 36.2 Å². The molecule has 0 aromatic heterocycles. The molecule has 1 saturated heterocycles. The number of ether oxygens (including phenoxy) is 2. The van der Waals surface area contributed by atoms with Crippen molar-refractivity contribution >= 4 is 11.7 Å². The smallest absolute Gasteiger partial charge is 0.324 e. The lowest BCUT2D eigenvalue weighted by Gasteiger charge is -2.37. The van der Waals surface area contributed by atoms with E-state index in [9.17, 15) is 4.79 Å². The lowest BCUT2D eigenvalue weighted by molar-refractivity contribution is 0.138. The van der Waals surface area contributed by atoms with Crippen molar-refractivity contribution in [2.45, 2.75) is 13.0 Å². The van der Waals surface area contributed by atoms with E-state index in [1.54, 1.807) is 14.2 Å². The van der Waals surface area contributed by atoms with Crippen LogP contribution in [0.3, 0.4) is 0 Å². The van der Waals surface area contributed by atoms with Crippen LogP contribution in [-0.4, -0.2) is 62.8 Å². The molecule has 2 amide bonds. The van der Waals surface area contributed by atoms with Crippen LogP contribution >= 0.6 is 0 Å². The number of anilines is 1. The van der Waals surface area contributed by atoms with Crippen LogP contribution in [0.25, 0.3) is 0 Å². The molecule has 0 unspecified atom stereocenters. The maximum absolute atomic E-state index is 13.0. The Labute approximate surface area is 166 Å². The first-order chi connectivity index (χ1) is 13.7. The summed E-state index contributed by atoms with van der Waals surface area (Å²) in [6.07, 6.45) is 0.942. The summed E-state index contributed by atoms with van der Waals surface area (Å²) in [5, 5.41) is 0. The SMILES string of the molecule is COc1ccc(OC)c(CN2CCN(C(=O)N3CCc4ccccc43)CC2)c1. The highest BCUT2D eigenvalue weighted by Gasteiger charge is 2.30. The normalized spacial score (nSPS) is 16.8. The maximum Gasteiger partial charge on any atom is 0.324 e. The Bertz CT molecular complexity index is 847. The third-order valence-corrected chi connectivity index (χ3v) is 5.64. The molecule has 6 heteroatoms. The average molecular weight is 381 g/mol. The van der Waals surface area contributed by atoms with Crippen molar-refractivity contribution in [3.05, 3.63) is 53.6 Å². The van der Waals surface area contributed by atoms with Gasteiger partial charge in [-0.2, -0.15) is 0 Å². The summed E-state index contributed by atoms with van der Waals surface area (Å²) in [4.78, 5) is 19.3. The van der Waals surface area contributed by atoms with Gasteiger partial charge in [-0.25, -0.2) is 4.79 Å². The van der Waals surface area contributed by atoms with Crippen LogP contribution in [0.15, 0.2) is 42.5 Å². The molecule has 2 heterocycles. The van der Waals surface area contributed by atoms with Gasteiger partial charge in [0, 0.05) is 50.5 Å². The zero-order valence-electron chi connectivity index (χ0n) is 16.6. The van der Waals surface area contributed by atoms with Gasteiger partial charge in [-0.3, -0.25) is 9.80 Å². The van der Waals surface area contributed by atoms with Gasteiger partial charge in [0.15, 0.2) is 0 Å². The monoisotopic (exact) mass is 381 g/mol. The first-order valence-corrected chi connectivity index (χ1v) is 9.77. The second kappa shape index (κ2) is 8.10. The van der Waals surface area contributed by atoms with Crippen LogP contribution < -0.4 is 14.4 Å². The molecule has 2 aliphatic rings.